The highest BCUT2D eigenvalue weighted by molar-refractivity contribution is 7.14. The Bertz CT molecular complexity index is 1410. The molecule has 7 nitrogen and oxygen atoms in total. The molecule has 3 fully saturated rings. The van der Waals surface area contributed by atoms with Crippen LogP contribution >= 0.6 is 11.3 Å². The van der Waals surface area contributed by atoms with E-state index in [0.717, 1.165) is 90.8 Å². The third kappa shape index (κ3) is 5.67. The lowest BCUT2D eigenvalue weighted by Crippen LogP contribution is -2.45. The smallest absolute Gasteiger partial charge is 0.185 e. The van der Waals surface area contributed by atoms with Gasteiger partial charge in [-0.1, -0.05) is 36.5 Å². The van der Waals surface area contributed by atoms with Gasteiger partial charge in [0, 0.05) is 42.7 Å². The van der Waals surface area contributed by atoms with Crippen molar-refractivity contribution in [1.82, 2.24) is 9.88 Å². The molecule has 0 radical (unpaired) electrons. The molecule has 3 aliphatic rings. The lowest BCUT2D eigenvalue weighted by molar-refractivity contribution is -0.108. The van der Waals surface area contributed by atoms with Gasteiger partial charge in [0.05, 0.1) is 30.0 Å². The Kier molecular flexibility index (Phi) is 7.93. The van der Waals surface area contributed by atoms with E-state index in [1.54, 1.807) is 11.3 Å². The lowest BCUT2D eigenvalue weighted by Gasteiger charge is -2.34. The highest BCUT2D eigenvalue weighted by Crippen LogP contribution is 2.42. The van der Waals surface area contributed by atoms with Crippen molar-refractivity contribution < 1.29 is 14.3 Å². The maximum Gasteiger partial charge on any atom is 0.185 e. The Morgan fingerprint density at radius 1 is 1.27 bits per heavy atom. The summed E-state index contributed by atoms with van der Waals surface area (Å²) in [6, 6.07) is 14.6. The highest BCUT2D eigenvalue weighted by atomic mass is 32.1. The van der Waals surface area contributed by atoms with Crippen molar-refractivity contribution in [1.29, 1.82) is 5.26 Å². The Hall–Kier alpha value is -3.19. The van der Waals surface area contributed by atoms with Crippen LogP contribution in [0.1, 0.15) is 35.6 Å². The van der Waals surface area contributed by atoms with Gasteiger partial charge in [-0.05, 0) is 55.8 Å². The summed E-state index contributed by atoms with van der Waals surface area (Å²) >= 11 is 1.66. The van der Waals surface area contributed by atoms with E-state index in [2.05, 4.69) is 47.2 Å². The van der Waals surface area contributed by atoms with E-state index in [0.29, 0.717) is 24.8 Å². The first-order valence-electron chi connectivity index (χ1n) is 14.3. The number of hydrogen-bond donors (Lipinski definition) is 0. The number of ether oxygens (including phenoxy) is 2. The number of aromatic nitrogens is 1. The van der Waals surface area contributed by atoms with E-state index in [4.69, 9.17) is 14.5 Å². The van der Waals surface area contributed by atoms with E-state index in [1.165, 1.54) is 6.29 Å². The standard InChI is InChI=1S/C31H35BN4O3S/c1-21-3-6-30(39-18-25-5-4-23(12-26(25)13-33)15-35-9-10-38-22(2)14-35)27(11-21)29-19-40-31(34-29)36-16-24-7-8-32(20-36)28(24)17-37/h3-6,11-12,17,19,22,24,28H,7-10,14-16,18,20H2,1-2H3/t22-,24?,28-/m0/s1. The first kappa shape index (κ1) is 27.0. The van der Waals surface area contributed by atoms with Gasteiger partial charge in [-0.3, -0.25) is 4.90 Å². The number of aldehydes is 1. The van der Waals surface area contributed by atoms with Crippen molar-refractivity contribution in [2.75, 3.05) is 37.6 Å². The average Bonchev–Trinajstić information content (AvgIpc) is 3.54. The van der Waals surface area contributed by atoms with Gasteiger partial charge in [-0.2, -0.15) is 5.26 Å². The third-order valence-electron chi connectivity index (χ3n) is 8.65. The number of rotatable bonds is 8. The topological polar surface area (TPSA) is 78.7 Å². The predicted molar refractivity (Wildman–Crippen MR) is 159 cm³/mol. The Labute approximate surface area is 240 Å². The van der Waals surface area contributed by atoms with Gasteiger partial charge in [0.25, 0.3) is 0 Å². The normalized spacial score (nSPS) is 22.8. The summed E-state index contributed by atoms with van der Waals surface area (Å²) in [6.45, 7) is 9.20. The van der Waals surface area contributed by atoms with Crippen molar-refractivity contribution in [3.8, 4) is 23.1 Å². The molecule has 0 aliphatic carbocycles. The van der Waals surface area contributed by atoms with Gasteiger partial charge < -0.3 is 19.2 Å². The molecule has 2 bridgehead atoms. The van der Waals surface area contributed by atoms with Crippen LogP contribution in [0.5, 0.6) is 5.75 Å². The summed E-state index contributed by atoms with van der Waals surface area (Å²) in [6.07, 6.45) is 4.59. The number of nitrogens with zero attached hydrogens (tertiary/aromatic N) is 4. The summed E-state index contributed by atoms with van der Waals surface area (Å²) in [7, 11) is 0. The van der Waals surface area contributed by atoms with E-state index in [1.807, 2.05) is 24.3 Å². The quantitative estimate of drug-likeness (QED) is 0.279. The molecule has 1 unspecified atom stereocenters. The van der Waals surface area contributed by atoms with E-state index in [-0.39, 0.29) is 11.9 Å². The second-order valence-electron chi connectivity index (χ2n) is 11.5. The zero-order chi connectivity index (χ0) is 27.6. The summed E-state index contributed by atoms with van der Waals surface area (Å²) in [4.78, 5) is 21.3. The molecule has 3 atom stereocenters. The zero-order valence-corrected chi connectivity index (χ0v) is 24.0. The third-order valence-corrected chi connectivity index (χ3v) is 9.55. The number of aryl methyl sites for hydroxylation is 1. The van der Waals surface area contributed by atoms with Gasteiger partial charge in [0.1, 0.15) is 18.6 Å². The Balaban J connectivity index is 1.16. The second-order valence-corrected chi connectivity index (χ2v) is 12.4. The van der Waals surface area contributed by atoms with Crippen molar-refractivity contribution >= 4 is 29.5 Å². The van der Waals surface area contributed by atoms with E-state index >= 15 is 0 Å². The summed E-state index contributed by atoms with van der Waals surface area (Å²) in [5, 5.41) is 13.0. The largest absolute Gasteiger partial charge is 0.488 e. The van der Waals surface area contributed by atoms with Gasteiger partial charge in [0.15, 0.2) is 11.8 Å². The first-order chi connectivity index (χ1) is 19.5. The maximum absolute atomic E-state index is 11.6. The molecular formula is C31H35BN4O3S. The van der Waals surface area contributed by atoms with Crippen LogP contribution < -0.4 is 9.64 Å². The molecule has 6 rings (SSSR count). The molecule has 4 heterocycles. The SMILES string of the molecule is Cc1ccc(OCc2ccc(CN3CCO[C@@H](C)C3)cc2C#N)c(-c2csc(N3CB4CCC(C3)[C@@H]4C=O)n2)c1. The number of carbonyl (C=O) groups is 1. The summed E-state index contributed by atoms with van der Waals surface area (Å²) in [5.74, 6) is 1.42. The number of nitriles is 1. The average molecular weight is 555 g/mol. The number of fused-ring (bicyclic) bond motifs is 2. The van der Waals surface area contributed by atoms with Crippen LogP contribution in [0.2, 0.25) is 12.1 Å². The predicted octanol–water partition coefficient (Wildman–Crippen LogP) is 5.23. The number of morpholine rings is 1. The minimum atomic E-state index is 0.211. The molecule has 3 aromatic rings. The van der Waals surface area contributed by atoms with Gasteiger partial charge in [-0.15, -0.1) is 11.3 Å². The minimum absolute atomic E-state index is 0.211. The van der Waals surface area contributed by atoms with E-state index < -0.39 is 0 Å². The van der Waals surface area contributed by atoms with Crippen molar-refractivity contribution in [2.24, 2.45) is 5.92 Å². The van der Waals surface area contributed by atoms with E-state index in [9.17, 15) is 10.1 Å². The molecule has 3 aliphatic heterocycles. The fourth-order valence-electron chi connectivity index (χ4n) is 6.55. The molecular weight excluding hydrogens is 519 g/mol. The van der Waals surface area contributed by atoms with Crippen LogP contribution in [0.4, 0.5) is 5.13 Å². The summed E-state index contributed by atoms with van der Waals surface area (Å²) in [5.41, 5.74) is 5.66. The van der Waals surface area contributed by atoms with Gasteiger partial charge >= 0.3 is 0 Å². The number of carbonyl (C=O) groups excluding carboxylic acids is 1. The molecule has 0 N–H and O–H groups in total. The molecule has 2 aromatic carbocycles. The van der Waals surface area contributed by atoms with Gasteiger partial charge in [-0.25, -0.2) is 4.98 Å². The second kappa shape index (κ2) is 11.7. The fraction of sp³-hybridized carbons (Fsp3) is 0.452. The zero-order valence-electron chi connectivity index (χ0n) is 23.2. The first-order valence-corrected chi connectivity index (χ1v) is 15.1. The maximum atomic E-state index is 11.6. The van der Waals surface area contributed by atoms with Crippen molar-refractivity contribution in [3.63, 3.8) is 0 Å². The number of hydrogen-bond acceptors (Lipinski definition) is 8. The minimum Gasteiger partial charge on any atom is -0.488 e. The van der Waals surface area contributed by atoms with Crippen LogP contribution in [0.25, 0.3) is 11.3 Å². The fourth-order valence-corrected chi connectivity index (χ4v) is 7.39. The lowest BCUT2D eigenvalue weighted by atomic mass is 9.40. The molecule has 0 saturated carbocycles. The van der Waals surface area contributed by atoms with Crippen molar-refractivity contribution in [2.45, 2.75) is 51.7 Å². The van der Waals surface area contributed by atoms with Crippen molar-refractivity contribution in [3.05, 3.63) is 64.0 Å². The monoisotopic (exact) mass is 554 g/mol. The molecule has 1 aromatic heterocycles. The van der Waals surface area contributed by atoms with Gasteiger partial charge in [0.2, 0.25) is 0 Å². The van der Waals surface area contributed by atoms with Crippen LogP contribution in [0, 0.1) is 24.2 Å². The molecule has 9 heteroatoms. The molecule has 3 saturated heterocycles. The number of thiazole rings is 1. The van der Waals surface area contributed by atoms with Crippen LogP contribution in [-0.4, -0.2) is 61.7 Å². The Morgan fingerprint density at radius 2 is 2.17 bits per heavy atom. The molecule has 40 heavy (non-hydrogen) atoms. The number of benzene rings is 2. The van der Waals surface area contributed by atoms with Crippen LogP contribution in [0.15, 0.2) is 41.8 Å². The molecule has 206 valence electrons. The number of anilines is 1. The van der Waals surface area contributed by atoms with Crippen LogP contribution in [-0.2, 0) is 22.7 Å². The highest BCUT2D eigenvalue weighted by Gasteiger charge is 2.44. The Morgan fingerprint density at radius 3 is 2.98 bits per heavy atom. The molecule has 0 spiro atoms. The summed E-state index contributed by atoms with van der Waals surface area (Å²) < 4.78 is 12.0. The molecule has 0 amide bonds. The van der Waals surface area contributed by atoms with Crippen LogP contribution in [0.3, 0.4) is 0 Å².